The van der Waals surface area contributed by atoms with E-state index in [1.54, 1.807) is 23.3 Å². The van der Waals surface area contributed by atoms with E-state index in [-0.39, 0.29) is 11.8 Å². The zero-order chi connectivity index (χ0) is 18.8. The van der Waals surface area contributed by atoms with Crippen molar-refractivity contribution < 1.29 is 9.32 Å². The molecule has 0 spiro atoms. The minimum atomic E-state index is -0.0383. The van der Waals surface area contributed by atoms with Gasteiger partial charge in [0.1, 0.15) is 17.8 Å². The van der Waals surface area contributed by atoms with Gasteiger partial charge in [0.2, 0.25) is 0 Å². The molecule has 1 aliphatic heterocycles. The van der Waals surface area contributed by atoms with Crippen LogP contribution in [0.2, 0.25) is 0 Å². The third-order valence-electron chi connectivity index (χ3n) is 4.32. The van der Waals surface area contributed by atoms with E-state index in [4.69, 9.17) is 4.52 Å². The molecule has 8 nitrogen and oxygen atoms in total. The Morgan fingerprint density at radius 1 is 1.26 bits per heavy atom. The Morgan fingerprint density at radius 2 is 2.07 bits per heavy atom. The van der Waals surface area contributed by atoms with Gasteiger partial charge in [0, 0.05) is 48.5 Å². The van der Waals surface area contributed by atoms with E-state index in [0.29, 0.717) is 23.2 Å². The fourth-order valence-electron chi connectivity index (χ4n) is 2.77. The highest BCUT2D eigenvalue weighted by Crippen LogP contribution is 2.21. The Balaban J connectivity index is 1.57. The molecule has 9 heteroatoms. The van der Waals surface area contributed by atoms with Crippen LogP contribution in [0.4, 0.5) is 0 Å². The van der Waals surface area contributed by atoms with Crippen LogP contribution < -0.4 is 0 Å². The highest BCUT2D eigenvalue weighted by molar-refractivity contribution is 7.99. The summed E-state index contributed by atoms with van der Waals surface area (Å²) in [5.41, 5.74) is 1.20. The van der Waals surface area contributed by atoms with Crippen molar-refractivity contribution in [2.24, 2.45) is 0 Å². The molecule has 0 aromatic carbocycles. The zero-order valence-electron chi connectivity index (χ0n) is 15.2. The van der Waals surface area contributed by atoms with Gasteiger partial charge in [0.15, 0.2) is 5.82 Å². The Morgan fingerprint density at radius 3 is 2.81 bits per heavy atom. The minimum Gasteiger partial charge on any atom is -0.336 e. The summed E-state index contributed by atoms with van der Waals surface area (Å²) in [5.74, 6) is 3.85. The molecule has 4 rings (SSSR count). The van der Waals surface area contributed by atoms with Gasteiger partial charge in [-0.2, -0.15) is 16.7 Å². The number of hydrogen-bond acceptors (Lipinski definition) is 7. The predicted molar refractivity (Wildman–Crippen MR) is 102 cm³/mol. The first kappa shape index (κ1) is 17.7. The van der Waals surface area contributed by atoms with Crippen LogP contribution in [-0.2, 0) is 0 Å². The van der Waals surface area contributed by atoms with Crippen LogP contribution in [-0.4, -0.2) is 60.1 Å². The summed E-state index contributed by atoms with van der Waals surface area (Å²) in [7, 11) is 0. The number of amides is 1. The fraction of sp³-hybridized carbons (Fsp3) is 0.389. The number of carbonyl (C=O) groups is 1. The summed E-state index contributed by atoms with van der Waals surface area (Å²) in [6, 6.07) is 3.65. The molecule has 4 heterocycles. The normalized spacial score (nSPS) is 14.7. The molecule has 0 aliphatic carbocycles. The average Bonchev–Trinajstić information content (AvgIpc) is 3.38. The first-order valence-corrected chi connectivity index (χ1v) is 9.98. The third-order valence-corrected chi connectivity index (χ3v) is 5.26. The maximum Gasteiger partial charge on any atom is 0.274 e. The molecule has 1 aliphatic rings. The standard InChI is InChI=1S/C18H20N6O2S/c1-12(2)16-21-17(26-22-16)13-3-4-19-15(9-13)24-10-14(20-11-24)18(25)23-5-7-27-8-6-23/h3-4,9-12H,5-8H2,1-2H3. The van der Waals surface area contributed by atoms with Gasteiger partial charge in [0.25, 0.3) is 11.8 Å². The zero-order valence-corrected chi connectivity index (χ0v) is 16.0. The van der Waals surface area contributed by atoms with Gasteiger partial charge >= 0.3 is 0 Å². The van der Waals surface area contributed by atoms with E-state index in [2.05, 4.69) is 20.1 Å². The van der Waals surface area contributed by atoms with Gasteiger partial charge in [0.05, 0.1) is 0 Å². The summed E-state index contributed by atoms with van der Waals surface area (Å²) in [6.45, 7) is 5.55. The van der Waals surface area contributed by atoms with Crippen molar-refractivity contribution in [2.75, 3.05) is 24.6 Å². The maximum atomic E-state index is 12.6. The summed E-state index contributed by atoms with van der Waals surface area (Å²) in [4.78, 5) is 27.5. The van der Waals surface area contributed by atoms with E-state index in [0.717, 1.165) is 30.2 Å². The van der Waals surface area contributed by atoms with Crippen molar-refractivity contribution in [1.82, 2.24) is 29.6 Å². The molecular weight excluding hydrogens is 364 g/mol. The number of thioether (sulfide) groups is 1. The molecule has 0 atom stereocenters. The minimum absolute atomic E-state index is 0.0383. The number of aromatic nitrogens is 5. The summed E-state index contributed by atoms with van der Waals surface area (Å²) >= 11 is 1.87. The average molecular weight is 384 g/mol. The number of carbonyl (C=O) groups excluding carboxylic acids is 1. The largest absolute Gasteiger partial charge is 0.336 e. The van der Waals surface area contributed by atoms with Gasteiger partial charge in [-0.15, -0.1) is 0 Å². The van der Waals surface area contributed by atoms with Crippen LogP contribution in [0, 0.1) is 0 Å². The summed E-state index contributed by atoms with van der Waals surface area (Å²) < 4.78 is 7.08. The summed E-state index contributed by atoms with van der Waals surface area (Å²) in [5, 5.41) is 4.00. The van der Waals surface area contributed by atoms with Crippen molar-refractivity contribution >= 4 is 17.7 Å². The van der Waals surface area contributed by atoms with Crippen molar-refractivity contribution in [3.63, 3.8) is 0 Å². The van der Waals surface area contributed by atoms with Crippen LogP contribution in [0.3, 0.4) is 0 Å². The fourth-order valence-corrected chi connectivity index (χ4v) is 3.67. The van der Waals surface area contributed by atoms with E-state index in [9.17, 15) is 4.79 Å². The van der Waals surface area contributed by atoms with Gasteiger partial charge in [-0.05, 0) is 12.1 Å². The first-order chi connectivity index (χ1) is 13.1. The van der Waals surface area contributed by atoms with E-state index >= 15 is 0 Å². The SMILES string of the molecule is CC(C)c1noc(-c2ccnc(-n3cnc(C(=O)N4CCSCC4)c3)c2)n1. The van der Waals surface area contributed by atoms with Crippen molar-refractivity contribution in [2.45, 2.75) is 19.8 Å². The van der Waals surface area contributed by atoms with E-state index in [1.807, 2.05) is 42.6 Å². The Labute approximate surface area is 161 Å². The topological polar surface area (TPSA) is 89.9 Å². The lowest BCUT2D eigenvalue weighted by molar-refractivity contribution is 0.0767. The molecule has 3 aromatic heterocycles. The highest BCUT2D eigenvalue weighted by Gasteiger charge is 2.21. The molecule has 3 aromatic rings. The number of nitrogens with zero attached hydrogens (tertiary/aromatic N) is 6. The smallest absolute Gasteiger partial charge is 0.274 e. The van der Waals surface area contributed by atoms with Crippen molar-refractivity contribution in [3.05, 3.63) is 42.4 Å². The monoisotopic (exact) mass is 384 g/mol. The van der Waals surface area contributed by atoms with Gasteiger partial charge in [-0.25, -0.2) is 9.97 Å². The molecule has 0 N–H and O–H groups in total. The lowest BCUT2D eigenvalue weighted by Crippen LogP contribution is -2.38. The first-order valence-electron chi connectivity index (χ1n) is 8.83. The predicted octanol–water partition coefficient (Wildman–Crippen LogP) is 2.63. The molecule has 1 fully saturated rings. The van der Waals surface area contributed by atoms with Crippen molar-refractivity contribution in [3.8, 4) is 17.3 Å². The molecular formula is C18H20N6O2S. The molecule has 140 valence electrons. The van der Waals surface area contributed by atoms with E-state index < -0.39 is 0 Å². The number of pyridine rings is 1. The van der Waals surface area contributed by atoms with Gasteiger partial charge < -0.3 is 9.42 Å². The molecule has 0 bridgehead atoms. The Kier molecular flexibility index (Phi) is 4.93. The quantitative estimate of drug-likeness (QED) is 0.683. The molecule has 0 radical (unpaired) electrons. The highest BCUT2D eigenvalue weighted by atomic mass is 32.2. The van der Waals surface area contributed by atoms with Crippen LogP contribution in [0.5, 0.6) is 0 Å². The molecule has 1 amide bonds. The Bertz CT molecular complexity index is 945. The molecule has 1 saturated heterocycles. The molecule has 27 heavy (non-hydrogen) atoms. The number of imidazole rings is 1. The van der Waals surface area contributed by atoms with Gasteiger partial charge in [-0.3, -0.25) is 9.36 Å². The van der Waals surface area contributed by atoms with Crippen LogP contribution in [0.25, 0.3) is 17.3 Å². The lowest BCUT2D eigenvalue weighted by Gasteiger charge is -2.25. The second-order valence-electron chi connectivity index (χ2n) is 6.59. The Hall–Kier alpha value is -2.68. The van der Waals surface area contributed by atoms with Gasteiger partial charge in [-0.1, -0.05) is 19.0 Å². The van der Waals surface area contributed by atoms with Crippen LogP contribution >= 0.6 is 11.8 Å². The molecule has 0 saturated carbocycles. The second kappa shape index (κ2) is 7.51. The van der Waals surface area contributed by atoms with Crippen LogP contribution in [0.15, 0.2) is 35.4 Å². The second-order valence-corrected chi connectivity index (χ2v) is 7.81. The van der Waals surface area contributed by atoms with Crippen LogP contribution in [0.1, 0.15) is 36.1 Å². The van der Waals surface area contributed by atoms with Crippen molar-refractivity contribution in [1.29, 1.82) is 0 Å². The third kappa shape index (κ3) is 3.73. The number of rotatable bonds is 4. The summed E-state index contributed by atoms with van der Waals surface area (Å²) in [6.07, 6.45) is 4.99. The van der Waals surface area contributed by atoms with E-state index in [1.165, 1.54) is 0 Å². The maximum absolute atomic E-state index is 12.6. The lowest BCUT2D eigenvalue weighted by atomic mass is 10.2. The number of hydrogen-bond donors (Lipinski definition) is 0. The molecule has 0 unspecified atom stereocenters.